The van der Waals surface area contributed by atoms with E-state index in [0.717, 1.165) is 11.3 Å². The molecule has 3 atom stereocenters. The zero-order valence-corrected chi connectivity index (χ0v) is 14.0. The lowest BCUT2D eigenvalue weighted by molar-refractivity contribution is -0.123. The lowest BCUT2D eigenvalue weighted by atomic mass is 10.0. The number of hydrogen-bond acceptors (Lipinski definition) is 3. The van der Waals surface area contributed by atoms with Crippen molar-refractivity contribution in [1.82, 2.24) is 15.6 Å². The van der Waals surface area contributed by atoms with E-state index in [1.807, 2.05) is 42.6 Å². The molecule has 4 rings (SSSR count). The largest absolute Gasteiger partial charge is 0.342 e. The Morgan fingerprint density at radius 3 is 2.60 bits per heavy atom. The molecular formula is C20H22FN3O. The lowest BCUT2D eigenvalue weighted by Crippen LogP contribution is -2.42. The highest BCUT2D eigenvalue weighted by Gasteiger charge is 2.31. The van der Waals surface area contributed by atoms with Crippen molar-refractivity contribution in [3.05, 3.63) is 65.5 Å². The second kappa shape index (κ2) is 6.92. The van der Waals surface area contributed by atoms with Gasteiger partial charge in [0.25, 0.3) is 0 Å². The lowest BCUT2D eigenvalue weighted by Gasteiger charge is -2.21. The Hall–Kier alpha value is -2.27. The van der Waals surface area contributed by atoms with Crippen LogP contribution in [0.15, 0.2) is 48.7 Å². The van der Waals surface area contributed by atoms with Gasteiger partial charge in [0.05, 0.1) is 17.8 Å². The fourth-order valence-electron chi connectivity index (χ4n) is 3.35. The number of nitrogens with one attached hydrogen (secondary N) is 2. The average Bonchev–Trinajstić information content (AvgIpc) is 3.41. The first kappa shape index (κ1) is 16.2. The summed E-state index contributed by atoms with van der Waals surface area (Å²) in [6.45, 7) is 0.239. The standard InChI is InChI=1S/C20H22FN3O/c21-16-10-18(23-12-16)20(25)24-19(14-4-2-1-3-5-14)17-9-8-15(11-22-17)13-6-7-13/h1-5,8-9,11,13,16,18-19,23H,6-7,10,12H2,(H,24,25)/t16-,18+,19?/m1/s1. The Morgan fingerprint density at radius 1 is 1.20 bits per heavy atom. The first-order chi connectivity index (χ1) is 12.2. The van der Waals surface area contributed by atoms with Crippen LogP contribution < -0.4 is 10.6 Å². The summed E-state index contributed by atoms with van der Waals surface area (Å²) in [5.74, 6) is 0.470. The van der Waals surface area contributed by atoms with Gasteiger partial charge in [-0.3, -0.25) is 9.78 Å². The highest BCUT2D eigenvalue weighted by molar-refractivity contribution is 5.83. The number of pyridine rings is 1. The summed E-state index contributed by atoms with van der Waals surface area (Å²) in [5.41, 5.74) is 3.04. The maximum atomic E-state index is 13.4. The highest BCUT2D eigenvalue weighted by atomic mass is 19.1. The minimum absolute atomic E-state index is 0.179. The van der Waals surface area contributed by atoms with E-state index in [9.17, 15) is 9.18 Å². The van der Waals surface area contributed by atoms with Gasteiger partial charge in [-0.05, 0) is 36.0 Å². The van der Waals surface area contributed by atoms with Crippen molar-refractivity contribution < 1.29 is 9.18 Å². The van der Waals surface area contributed by atoms with Gasteiger partial charge in [0.15, 0.2) is 0 Å². The van der Waals surface area contributed by atoms with Crippen LogP contribution in [0.5, 0.6) is 0 Å². The number of nitrogens with zero attached hydrogens (tertiary/aromatic N) is 1. The number of carbonyl (C=O) groups excluding carboxylic acids is 1. The second-order valence-corrected chi connectivity index (χ2v) is 6.94. The number of hydrogen-bond donors (Lipinski definition) is 2. The summed E-state index contributed by atoms with van der Waals surface area (Å²) >= 11 is 0. The van der Waals surface area contributed by atoms with Crippen LogP contribution in [0.2, 0.25) is 0 Å². The van der Waals surface area contributed by atoms with E-state index >= 15 is 0 Å². The van der Waals surface area contributed by atoms with Crippen LogP contribution >= 0.6 is 0 Å². The molecule has 1 saturated carbocycles. The molecule has 1 unspecified atom stereocenters. The summed E-state index contributed by atoms with van der Waals surface area (Å²) in [5, 5.41) is 5.99. The Kier molecular flexibility index (Phi) is 4.49. The smallest absolute Gasteiger partial charge is 0.238 e. The van der Waals surface area contributed by atoms with Gasteiger partial charge in [0.1, 0.15) is 6.17 Å². The molecule has 0 bridgehead atoms. The topological polar surface area (TPSA) is 54.0 Å². The predicted octanol–water partition coefficient (Wildman–Crippen LogP) is 2.86. The third kappa shape index (κ3) is 3.71. The molecule has 2 aliphatic rings. The van der Waals surface area contributed by atoms with Gasteiger partial charge in [-0.25, -0.2) is 4.39 Å². The molecule has 2 aromatic rings. The molecule has 1 aliphatic carbocycles. The maximum Gasteiger partial charge on any atom is 0.238 e. The molecule has 2 fully saturated rings. The normalized spacial score (nSPS) is 24.0. The van der Waals surface area contributed by atoms with E-state index in [-0.39, 0.29) is 24.9 Å². The van der Waals surface area contributed by atoms with E-state index < -0.39 is 12.2 Å². The third-order valence-corrected chi connectivity index (χ3v) is 4.97. The van der Waals surface area contributed by atoms with E-state index in [1.54, 1.807) is 0 Å². The Morgan fingerprint density at radius 2 is 2.00 bits per heavy atom. The van der Waals surface area contributed by atoms with Crippen LogP contribution in [0, 0.1) is 0 Å². The van der Waals surface area contributed by atoms with Crippen LogP contribution in [-0.4, -0.2) is 29.6 Å². The fraction of sp³-hybridized carbons (Fsp3) is 0.400. The summed E-state index contributed by atoms with van der Waals surface area (Å²) in [7, 11) is 0. The molecule has 1 amide bonds. The number of alkyl halides is 1. The molecule has 130 valence electrons. The Balaban J connectivity index is 1.56. The van der Waals surface area contributed by atoms with Crippen LogP contribution in [0.3, 0.4) is 0 Å². The summed E-state index contributed by atoms with van der Waals surface area (Å²) in [4.78, 5) is 17.2. The van der Waals surface area contributed by atoms with Crippen molar-refractivity contribution in [2.24, 2.45) is 0 Å². The maximum absolute atomic E-state index is 13.4. The van der Waals surface area contributed by atoms with Crippen LogP contribution in [0.4, 0.5) is 4.39 Å². The van der Waals surface area contributed by atoms with Crippen molar-refractivity contribution in [1.29, 1.82) is 0 Å². The molecule has 1 saturated heterocycles. The number of aromatic nitrogens is 1. The quantitative estimate of drug-likeness (QED) is 0.881. The molecule has 1 aromatic carbocycles. The molecule has 0 radical (unpaired) electrons. The summed E-state index contributed by atoms with van der Waals surface area (Å²) in [6, 6.07) is 13.1. The van der Waals surface area contributed by atoms with E-state index in [1.165, 1.54) is 18.4 Å². The zero-order chi connectivity index (χ0) is 17.2. The van der Waals surface area contributed by atoms with E-state index in [0.29, 0.717) is 5.92 Å². The van der Waals surface area contributed by atoms with Gasteiger partial charge in [-0.15, -0.1) is 0 Å². The van der Waals surface area contributed by atoms with Gasteiger partial charge in [0, 0.05) is 19.2 Å². The van der Waals surface area contributed by atoms with Crippen molar-refractivity contribution in [3.8, 4) is 0 Å². The molecule has 0 spiro atoms. The monoisotopic (exact) mass is 339 g/mol. The number of rotatable bonds is 5. The first-order valence-corrected chi connectivity index (χ1v) is 8.89. The molecule has 1 aromatic heterocycles. The number of benzene rings is 1. The molecule has 25 heavy (non-hydrogen) atoms. The van der Waals surface area contributed by atoms with Crippen molar-refractivity contribution >= 4 is 5.91 Å². The van der Waals surface area contributed by atoms with E-state index in [2.05, 4.69) is 21.7 Å². The zero-order valence-electron chi connectivity index (χ0n) is 14.0. The van der Waals surface area contributed by atoms with Crippen molar-refractivity contribution in [2.45, 2.75) is 43.4 Å². The molecular weight excluding hydrogens is 317 g/mol. The second-order valence-electron chi connectivity index (χ2n) is 6.94. The highest BCUT2D eigenvalue weighted by Crippen LogP contribution is 2.39. The average molecular weight is 339 g/mol. The van der Waals surface area contributed by atoms with Gasteiger partial charge >= 0.3 is 0 Å². The minimum Gasteiger partial charge on any atom is -0.342 e. The van der Waals surface area contributed by atoms with Crippen molar-refractivity contribution in [2.75, 3.05) is 6.54 Å². The predicted molar refractivity (Wildman–Crippen MR) is 93.9 cm³/mol. The van der Waals surface area contributed by atoms with E-state index in [4.69, 9.17) is 0 Å². The van der Waals surface area contributed by atoms with Gasteiger partial charge in [0.2, 0.25) is 5.91 Å². The third-order valence-electron chi connectivity index (χ3n) is 4.97. The molecule has 4 nitrogen and oxygen atoms in total. The molecule has 2 N–H and O–H groups in total. The summed E-state index contributed by atoms with van der Waals surface area (Å²) in [6.07, 6.45) is 3.65. The molecule has 2 heterocycles. The Bertz CT molecular complexity index is 730. The number of amides is 1. The van der Waals surface area contributed by atoms with Crippen molar-refractivity contribution in [3.63, 3.8) is 0 Å². The van der Waals surface area contributed by atoms with Crippen LogP contribution in [0.25, 0.3) is 0 Å². The number of halogens is 1. The summed E-state index contributed by atoms with van der Waals surface area (Å²) < 4.78 is 13.4. The van der Waals surface area contributed by atoms with Crippen LogP contribution in [0.1, 0.15) is 48.0 Å². The number of carbonyl (C=O) groups is 1. The minimum atomic E-state index is -0.957. The molecule has 1 aliphatic heterocycles. The SMILES string of the molecule is O=C(NC(c1ccccc1)c1ccc(C2CC2)cn1)[C@@H]1C[C@@H](F)CN1. The van der Waals surface area contributed by atoms with Gasteiger partial charge < -0.3 is 10.6 Å². The first-order valence-electron chi connectivity index (χ1n) is 8.89. The van der Waals surface area contributed by atoms with Gasteiger partial charge in [-0.1, -0.05) is 36.4 Å². The molecule has 5 heteroatoms. The Labute approximate surface area is 146 Å². The van der Waals surface area contributed by atoms with Crippen LogP contribution in [-0.2, 0) is 4.79 Å². The van der Waals surface area contributed by atoms with Gasteiger partial charge in [-0.2, -0.15) is 0 Å². The fourth-order valence-corrected chi connectivity index (χ4v) is 3.35.